The van der Waals surface area contributed by atoms with Gasteiger partial charge in [-0.25, -0.2) is 5.01 Å². The first-order valence-electron chi connectivity index (χ1n) is 8.62. The van der Waals surface area contributed by atoms with Crippen LogP contribution < -0.4 is 0 Å². The molecule has 6 nitrogen and oxygen atoms in total. The van der Waals surface area contributed by atoms with Crippen LogP contribution in [0.2, 0.25) is 0 Å². The number of hydrogen-bond donors (Lipinski definition) is 0. The van der Waals surface area contributed by atoms with Gasteiger partial charge in [0.25, 0.3) is 5.91 Å². The van der Waals surface area contributed by atoms with Crippen molar-refractivity contribution in [3.63, 3.8) is 0 Å². The van der Waals surface area contributed by atoms with Gasteiger partial charge in [0.15, 0.2) is 5.16 Å². The summed E-state index contributed by atoms with van der Waals surface area (Å²) in [6.45, 7) is 4.14. The molecule has 1 atom stereocenters. The van der Waals surface area contributed by atoms with Crippen molar-refractivity contribution in [2.45, 2.75) is 37.5 Å². The Kier molecular flexibility index (Phi) is 5.42. The molecule has 9 heteroatoms. The highest BCUT2D eigenvalue weighted by molar-refractivity contribution is 7.99. The molecule has 0 N–H and O–H groups in total. The fourth-order valence-corrected chi connectivity index (χ4v) is 5.35. The van der Waals surface area contributed by atoms with Crippen molar-refractivity contribution >= 4 is 46.1 Å². The van der Waals surface area contributed by atoms with Crippen LogP contribution >= 0.6 is 34.4 Å². The van der Waals surface area contributed by atoms with E-state index in [2.05, 4.69) is 41.3 Å². The molecule has 0 fully saturated rings. The number of thiophene rings is 2. The van der Waals surface area contributed by atoms with Crippen LogP contribution in [0.25, 0.3) is 0 Å². The van der Waals surface area contributed by atoms with E-state index in [-0.39, 0.29) is 23.7 Å². The first-order valence-corrected chi connectivity index (χ1v) is 11.4. The molecule has 4 heterocycles. The zero-order valence-corrected chi connectivity index (χ0v) is 17.4. The quantitative estimate of drug-likeness (QED) is 0.556. The second-order valence-corrected chi connectivity index (χ2v) is 9.27. The van der Waals surface area contributed by atoms with Crippen LogP contribution in [0.3, 0.4) is 0 Å². The lowest BCUT2D eigenvalue weighted by Crippen LogP contribution is -2.28. The minimum absolute atomic E-state index is 0.0109. The molecule has 0 saturated carbocycles. The number of hydrogen-bond acceptors (Lipinski definition) is 7. The molecule has 0 aliphatic carbocycles. The second kappa shape index (κ2) is 7.95. The van der Waals surface area contributed by atoms with Crippen LogP contribution in [0.5, 0.6) is 0 Å². The smallest absolute Gasteiger partial charge is 0.253 e. The Morgan fingerprint density at radius 3 is 2.81 bits per heavy atom. The number of nitrogens with zero attached hydrogens (tertiary/aromatic N) is 5. The van der Waals surface area contributed by atoms with Crippen molar-refractivity contribution in [2.75, 3.05) is 5.75 Å². The molecule has 4 rings (SSSR count). The standard InChI is InChI=1S/C18H19N5OS3/c1-12(2)22-11-19-20-18(22)27-10-17(24)23-14(16-6-4-8-26-16)9-13(21-23)15-5-3-7-25-15/h3-8,11-12,14H,9-10H2,1-2H3. The first-order chi connectivity index (χ1) is 13.1. The number of carbonyl (C=O) groups excluding carboxylic acids is 1. The lowest BCUT2D eigenvalue weighted by atomic mass is 10.1. The summed E-state index contributed by atoms with van der Waals surface area (Å²) in [5, 5.41) is 19.3. The SMILES string of the molecule is CC(C)n1cnnc1SCC(=O)N1N=C(c2cccs2)CC1c1cccs1. The highest BCUT2D eigenvalue weighted by Gasteiger charge is 2.34. The Balaban J connectivity index is 1.53. The summed E-state index contributed by atoms with van der Waals surface area (Å²) >= 11 is 4.73. The van der Waals surface area contributed by atoms with Crippen LogP contribution in [-0.2, 0) is 4.79 Å². The van der Waals surface area contributed by atoms with E-state index in [4.69, 9.17) is 0 Å². The summed E-state index contributed by atoms with van der Waals surface area (Å²) < 4.78 is 1.97. The van der Waals surface area contributed by atoms with E-state index >= 15 is 0 Å². The number of thioether (sulfide) groups is 1. The molecule has 1 aliphatic heterocycles. The summed E-state index contributed by atoms with van der Waals surface area (Å²) in [7, 11) is 0. The Morgan fingerprint density at radius 2 is 2.11 bits per heavy atom. The molecule has 3 aromatic rings. The third-order valence-electron chi connectivity index (χ3n) is 4.26. The summed E-state index contributed by atoms with van der Waals surface area (Å²) in [6, 6.07) is 8.39. The minimum Gasteiger partial charge on any atom is -0.306 e. The molecule has 1 unspecified atom stereocenters. The molecular weight excluding hydrogens is 398 g/mol. The summed E-state index contributed by atoms with van der Waals surface area (Å²) in [5.41, 5.74) is 0.979. The first kappa shape index (κ1) is 18.4. The Hall–Kier alpha value is -1.97. The van der Waals surface area contributed by atoms with Crippen LogP contribution in [0.4, 0.5) is 0 Å². The van der Waals surface area contributed by atoms with Gasteiger partial charge in [0.1, 0.15) is 6.33 Å². The van der Waals surface area contributed by atoms with E-state index in [0.717, 1.165) is 27.0 Å². The van der Waals surface area contributed by atoms with Gasteiger partial charge in [0, 0.05) is 17.3 Å². The molecule has 0 spiro atoms. The van der Waals surface area contributed by atoms with Crippen molar-refractivity contribution in [1.82, 2.24) is 19.8 Å². The zero-order chi connectivity index (χ0) is 18.8. The van der Waals surface area contributed by atoms with Crippen molar-refractivity contribution in [1.29, 1.82) is 0 Å². The topological polar surface area (TPSA) is 63.4 Å². The maximum Gasteiger partial charge on any atom is 0.253 e. The molecule has 0 aromatic carbocycles. The van der Waals surface area contributed by atoms with Gasteiger partial charge in [-0.3, -0.25) is 4.79 Å². The maximum atomic E-state index is 13.0. The van der Waals surface area contributed by atoms with E-state index in [9.17, 15) is 4.79 Å². The van der Waals surface area contributed by atoms with Gasteiger partial charge in [-0.05, 0) is 36.7 Å². The molecule has 1 amide bonds. The largest absolute Gasteiger partial charge is 0.306 e. The lowest BCUT2D eigenvalue weighted by Gasteiger charge is -2.20. The number of hydrazone groups is 1. The van der Waals surface area contributed by atoms with Crippen LogP contribution in [0.15, 0.2) is 51.6 Å². The van der Waals surface area contributed by atoms with Crippen LogP contribution in [-0.4, -0.2) is 37.1 Å². The molecule has 3 aromatic heterocycles. The van der Waals surface area contributed by atoms with Crippen molar-refractivity contribution in [3.05, 3.63) is 51.1 Å². The normalized spacial score (nSPS) is 16.9. The molecule has 1 aliphatic rings. The summed E-state index contributed by atoms with van der Waals surface area (Å²) in [5.74, 6) is 0.275. The van der Waals surface area contributed by atoms with Gasteiger partial charge in [-0.2, -0.15) is 5.10 Å². The highest BCUT2D eigenvalue weighted by atomic mass is 32.2. The maximum absolute atomic E-state index is 13.0. The Labute approximate surface area is 169 Å². The molecule has 0 radical (unpaired) electrons. The minimum atomic E-state index is -0.0295. The van der Waals surface area contributed by atoms with Gasteiger partial charge in [-0.15, -0.1) is 32.9 Å². The summed E-state index contributed by atoms with van der Waals surface area (Å²) in [4.78, 5) is 15.3. The van der Waals surface area contributed by atoms with Crippen molar-refractivity contribution in [3.8, 4) is 0 Å². The Bertz CT molecular complexity index is 930. The van der Waals surface area contributed by atoms with Crippen molar-refractivity contribution in [2.24, 2.45) is 5.10 Å². The predicted octanol–water partition coefficient (Wildman–Crippen LogP) is 4.45. The van der Waals surface area contributed by atoms with Crippen molar-refractivity contribution < 1.29 is 4.79 Å². The molecule has 0 bridgehead atoms. The molecular formula is C18H19N5OS3. The number of carbonyl (C=O) groups is 1. The zero-order valence-electron chi connectivity index (χ0n) is 15.0. The molecule has 140 valence electrons. The van der Waals surface area contributed by atoms with E-state index < -0.39 is 0 Å². The van der Waals surface area contributed by atoms with Crippen LogP contribution in [0, 0.1) is 0 Å². The monoisotopic (exact) mass is 417 g/mol. The van der Waals surface area contributed by atoms with E-state index in [1.807, 2.05) is 27.5 Å². The predicted molar refractivity (Wildman–Crippen MR) is 111 cm³/mol. The molecule has 0 saturated heterocycles. The number of aromatic nitrogens is 3. The molecule has 27 heavy (non-hydrogen) atoms. The highest BCUT2D eigenvalue weighted by Crippen LogP contribution is 2.36. The van der Waals surface area contributed by atoms with Gasteiger partial charge in [-0.1, -0.05) is 23.9 Å². The average molecular weight is 418 g/mol. The lowest BCUT2D eigenvalue weighted by molar-refractivity contribution is -0.130. The number of amides is 1. The second-order valence-electron chi connectivity index (χ2n) is 6.40. The fourth-order valence-electron chi connectivity index (χ4n) is 2.92. The third-order valence-corrected chi connectivity index (χ3v) is 7.10. The van der Waals surface area contributed by atoms with Gasteiger partial charge in [0.2, 0.25) is 0 Å². The van der Waals surface area contributed by atoms with Gasteiger partial charge >= 0.3 is 0 Å². The fraction of sp³-hybridized carbons (Fsp3) is 0.333. The van der Waals surface area contributed by atoms with E-state index in [0.29, 0.717) is 0 Å². The van der Waals surface area contributed by atoms with E-state index in [1.165, 1.54) is 11.8 Å². The Morgan fingerprint density at radius 1 is 1.30 bits per heavy atom. The average Bonchev–Trinajstić information content (AvgIpc) is 3.45. The van der Waals surface area contributed by atoms with Gasteiger partial charge in [0.05, 0.1) is 22.4 Å². The summed E-state index contributed by atoms with van der Waals surface area (Å²) in [6.07, 6.45) is 2.45. The van der Waals surface area contributed by atoms with Gasteiger partial charge < -0.3 is 4.57 Å². The van der Waals surface area contributed by atoms with Crippen LogP contribution in [0.1, 0.15) is 42.1 Å². The number of rotatable bonds is 6. The third kappa shape index (κ3) is 3.85. The van der Waals surface area contributed by atoms with E-state index in [1.54, 1.807) is 34.0 Å².